The Bertz CT molecular complexity index is 786. The van der Waals surface area contributed by atoms with E-state index in [2.05, 4.69) is 28.9 Å². The molecule has 1 heterocycles. The van der Waals surface area contributed by atoms with E-state index in [-0.39, 0.29) is 10.8 Å². The van der Waals surface area contributed by atoms with Crippen molar-refractivity contribution in [2.24, 2.45) is 5.92 Å². The van der Waals surface area contributed by atoms with Crippen LogP contribution in [0.2, 0.25) is 0 Å². The lowest BCUT2D eigenvalue weighted by molar-refractivity contribution is -0.121. The molecular formula is C17H23N3O3S2. The van der Waals surface area contributed by atoms with Gasteiger partial charge < -0.3 is 5.32 Å². The maximum atomic E-state index is 12.2. The maximum Gasteiger partial charge on any atom is 0.263 e. The number of rotatable bonds is 9. The third-order valence-corrected chi connectivity index (χ3v) is 5.77. The highest BCUT2D eigenvalue weighted by atomic mass is 32.2. The number of aromatic nitrogens is 1. The molecule has 0 aliphatic carbocycles. The Hall–Kier alpha value is -1.93. The summed E-state index contributed by atoms with van der Waals surface area (Å²) in [5.41, 5.74) is 0.703. The molecule has 2 aromatic rings. The van der Waals surface area contributed by atoms with Crippen LogP contribution < -0.4 is 10.0 Å². The highest BCUT2D eigenvalue weighted by Crippen LogP contribution is 2.20. The number of anilines is 1. The van der Waals surface area contributed by atoms with Gasteiger partial charge in [0.1, 0.15) is 0 Å². The first-order valence-corrected chi connectivity index (χ1v) is 10.5. The molecule has 0 aliphatic heterocycles. The van der Waals surface area contributed by atoms with Gasteiger partial charge in [0, 0.05) is 18.3 Å². The van der Waals surface area contributed by atoms with Gasteiger partial charge in [0.2, 0.25) is 5.91 Å². The monoisotopic (exact) mass is 381 g/mol. The van der Waals surface area contributed by atoms with Crippen LogP contribution in [0.25, 0.3) is 0 Å². The molecular weight excluding hydrogens is 358 g/mol. The summed E-state index contributed by atoms with van der Waals surface area (Å²) in [5, 5.41) is 4.95. The lowest BCUT2D eigenvalue weighted by Gasteiger charge is -2.06. The SMILES string of the molecule is CC(C)CCNC(=O)CCc1csc(NS(=O)(=O)c2ccccc2)n1. The van der Waals surface area contributed by atoms with E-state index in [1.807, 2.05) is 0 Å². The van der Waals surface area contributed by atoms with E-state index in [0.717, 1.165) is 6.42 Å². The van der Waals surface area contributed by atoms with Crippen LogP contribution in [0.1, 0.15) is 32.4 Å². The van der Waals surface area contributed by atoms with E-state index in [1.54, 1.807) is 23.6 Å². The third kappa shape index (κ3) is 6.47. The van der Waals surface area contributed by atoms with Gasteiger partial charge in [-0.2, -0.15) is 0 Å². The number of benzene rings is 1. The molecule has 136 valence electrons. The summed E-state index contributed by atoms with van der Waals surface area (Å²) >= 11 is 1.21. The molecule has 0 radical (unpaired) electrons. The van der Waals surface area contributed by atoms with Gasteiger partial charge in [0.05, 0.1) is 10.6 Å². The highest BCUT2D eigenvalue weighted by Gasteiger charge is 2.15. The molecule has 0 saturated carbocycles. The number of carbonyl (C=O) groups excluding carboxylic acids is 1. The minimum atomic E-state index is -3.63. The van der Waals surface area contributed by atoms with Crippen LogP contribution in [0.4, 0.5) is 5.13 Å². The van der Waals surface area contributed by atoms with Gasteiger partial charge in [-0.1, -0.05) is 32.0 Å². The van der Waals surface area contributed by atoms with Crippen molar-refractivity contribution in [3.63, 3.8) is 0 Å². The number of hydrogen-bond acceptors (Lipinski definition) is 5. The molecule has 0 saturated heterocycles. The van der Waals surface area contributed by atoms with Crippen LogP contribution in [0.3, 0.4) is 0 Å². The third-order valence-electron chi connectivity index (χ3n) is 3.48. The van der Waals surface area contributed by atoms with Crippen LogP contribution in [0.15, 0.2) is 40.6 Å². The van der Waals surface area contributed by atoms with Crippen molar-refractivity contribution >= 4 is 32.4 Å². The summed E-state index contributed by atoms with van der Waals surface area (Å²) in [4.78, 5) is 16.2. The molecule has 25 heavy (non-hydrogen) atoms. The van der Waals surface area contributed by atoms with Gasteiger partial charge in [-0.25, -0.2) is 13.4 Å². The van der Waals surface area contributed by atoms with E-state index in [9.17, 15) is 13.2 Å². The second kappa shape index (κ2) is 8.96. The second-order valence-corrected chi connectivity index (χ2v) is 8.64. The largest absolute Gasteiger partial charge is 0.356 e. The number of aryl methyl sites for hydroxylation is 1. The molecule has 0 atom stereocenters. The normalized spacial score (nSPS) is 11.5. The average Bonchev–Trinajstić information content (AvgIpc) is 3.00. The number of thiazole rings is 1. The predicted molar refractivity (Wildman–Crippen MR) is 100 cm³/mol. The Kier molecular flexibility index (Phi) is 6.95. The Morgan fingerprint density at radius 1 is 1.24 bits per heavy atom. The van der Waals surface area contributed by atoms with Gasteiger partial charge in [0.25, 0.3) is 10.0 Å². The molecule has 0 spiro atoms. The summed E-state index contributed by atoms with van der Waals surface area (Å²) in [5.74, 6) is 0.541. The standard InChI is InChI=1S/C17H23N3O3S2/c1-13(2)10-11-18-16(21)9-8-14-12-24-17(19-14)20-25(22,23)15-6-4-3-5-7-15/h3-7,12-13H,8-11H2,1-2H3,(H,18,21)(H,19,20). The Balaban J connectivity index is 1.85. The Morgan fingerprint density at radius 2 is 1.96 bits per heavy atom. The molecule has 0 aliphatic rings. The van der Waals surface area contributed by atoms with Crippen LogP contribution in [-0.2, 0) is 21.2 Å². The second-order valence-electron chi connectivity index (χ2n) is 6.10. The van der Waals surface area contributed by atoms with E-state index < -0.39 is 10.0 Å². The highest BCUT2D eigenvalue weighted by molar-refractivity contribution is 7.93. The minimum Gasteiger partial charge on any atom is -0.356 e. The molecule has 1 aromatic carbocycles. The maximum absolute atomic E-state index is 12.2. The lowest BCUT2D eigenvalue weighted by atomic mass is 10.1. The number of hydrogen-bond donors (Lipinski definition) is 2. The Morgan fingerprint density at radius 3 is 2.64 bits per heavy atom. The van der Waals surface area contributed by atoms with E-state index >= 15 is 0 Å². The van der Waals surface area contributed by atoms with Crippen molar-refractivity contribution in [2.45, 2.75) is 38.0 Å². The van der Waals surface area contributed by atoms with Crippen molar-refractivity contribution in [3.8, 4) is 0 Å². The summed E-state index contributed by atoms with van der Waals surface area (Å²) in [6, 6.07) is 8.14. The van der Waals surface area contributed by atoms with Crippen molar-refractivity contribution in [1.82, 2.24) is 10.3 Å². The number of nitrogens with zero attached hydrogens (tertiary/aromatic N) is 1. The topological polar surface area (TPSA) is 88.2 Å². The first-order valence-electron chi connectivity index (χ1n) is 8.16. The van der Waals surface area contributed by atoms with Gasteiger partial charge in [0.15, 0.2) is 5.13 Å². The molecule has 8 heteroatoms. The van der Waals surface area contributed by atoms with Crippen molar-refractivity contribution in [2.75, 3.05) is 11.3 Å². The number of amides is 1. The van der Waals surface area contributed by atoms with Crippen LogP contribution >= 0.6 is 11.3 Å². The molecule has 1 aromatic heterocycles. The van der Waals surface area contributed by atoms with Crippen molar-refractivity contribution in [3.05, 3.63) is 41.4 Å². The average molecular weight is 382 g/mol. The van der Waals surface area contributed by atoms with Gasteiger partial charge in [-0.15, -0.1) is 11.3 Å². The van der Waals surface area contributed by atoms with E-state index in [0.29, 0.717) is 36.1 Å². The van der Waals surface area contributed by atoms with E-state index in [1.165, 1.54) is 23.5 Å². The first kappa shape index (κ1) is 19.4. The van der Waals surface area contributed by atoms with Crippen molar-refractivity contribution < 1.29 is 13.2 Å². The summed E-state index contributed by atoms with van der Waals surface area (Å²) in [7, 11) is -3.63. The summed E-state index contributed by atoms with van der Waals surface area (Å²) in [6.07, 6.45) is 1.78. The zero-order valence-electron chi connectivity index (χ0n) is 14.4. The number of nitrogens with one attached hydrogen (secondary N) is 2. The zero-order valence-corrected chi connectivity index (χ0v) is 16.0. The molecule has 0 bridgehead atoms. The minimum absolute atomic E-state index is 0.0138. The number of sulfonamides is 1. The van der Waals surface area contributed by atoms with Crippen LogP contribution in [0, 0.1) is 5.92 Å². The molecule has 6 nitrogen and oxygen atoms in total. The first-order chi connectivity index (χ1) is 11.9. The van der Waals surface area contributed by atoms with Gasteiger partial charge >= 0.3 is 0 Å². The summed E-state index contributed by atoms with van der Waals surface area (Å²) in [6.45, 7) is 4.90. The fraction of sp³-hybridized carbons (Fsp3) is 0.412. The smallest absolute Gasteiger partial charge is 0.263 e. The number of carbonyl (C=O) groups is 1. The van der Waals surface area contributed by atoms with E-state index in [4.69, 9.17) is 0 Å². The molecule has 1 amide bonds. The van der Waals surface area contributed by atoms with Crippen LogP contribution in [-0.4, -0.2) is 25.9 Å². The molecule has 0 fully saturated rings. The zero-order chi connectivity index (χ0) is 18.3. The van der Waals surface area contributed by atoms with Gasteiger partial charge in [-0.05, 0) is 30.9 Å². The Labute approximate surface area is 152 Å². The molecule has 2 rings (SSSR count). The fourth-order valence-electron chi connectivity index (χ4n) is 2.07. The quantitative estimate of drug-likeness (QED) is 0.699. The van der Waals surface area contributed by atoms with Gasteiger partial charge in [-0.3, -0.25) is 9.52 Å². The predicted octanol–water partition coefficient (Wildman–Crippen LogP) is 3.04. The lowest BCUT2D eigenvalue weighted by Crippen LogP contribution is -2.25. The van der Waals surface area contributed by atoms with Crippen LogP contribution in [0.5, 0.6) is 0 Å². The molecule has 0 unspecified atom stereocenters. The summed E-state index contributed by atoms with van der Waals surface area (Å²) < 4.78 is 27.0. The fourth-order valence-corrected chi connectivity index (χ4v) is 4.09. The molecule has 2 N–H and O–H groups in total. The van der Waals surface area contributed by atoms with Crippen molar-refractivity contribution in [1.29, 1.82) is 0 Å².